The summed E-state index contributed by atoms with van der Waals surface area (Å²) >= 11 is 5.76. The van der Waals surface area contributed by atoms with Gasteiger partial charge in [-0.25, -0.2) is 4.79 Å². The molecular weight excluding hydrogens is 268 g/mol. The monoisotopic (exact) mass is 282 g/mol. The first-order chi connectivity index (χ1) is 9.15. The molecular formula is C12H15ClN4O2. The lowest BCUT2D eigenvalue weighted by atomic mass is 10.3. The van der Waals surface area contributed by atoms with Gasteiger partial charge in [0.1, 0.15) is 0 Å². The fourth-order valence-electron chi connectivity index (χ4n) is 1.65. The van der Waals surface area contributed by atoms with Gasteiger partial charge in [-0.3, -0.25) is 0 Å². The van der Waals surface area contributed by atoms with Crippen molar-refractivity contribution in [1.82, 2.24) is 4.90 Å². The molecule has 1 aromatic carbocycles. The van der Waals surface area contributed by atoms with Crippen LogP contribution in [0.1, 0.15) is 0 Å². The summed E-state index contributed by atoms with van der Waals surface area (Å²) in [5.41, 5.74) is 6.38. The number of halogens is 1. The third kappa shape index (κ3) is 4.11. The number of aliphatic imine (C=N–C) groups is 1. The van der Waals surface area contributed by atoms with Gasteiger partial charge in [0.2, 0.25) is 5.96 Å². The van der Waals surface area contributed by atoms with Crippen LogP contribution in [0.3, 0.4) is 0 Å². The molecule has 6 nitrogen and oxygen atoms in total. The Balaban J connectivity index is 1.93. The number of carbonyl (C=O) groups excluding carboxylic acids is 1. The SMILES string of the molecule is N/C(=N\C(=O)Nc1ccc(Cl)cc1)N1CCOCC1. The van der Waals surface area contributed by atoms with Gasteiger partial charge in [0.05, 0.1) is 13.2 Å². The lowest BCUT2D eigenvalue weighted by molar-refractivity contribution is 0.0675. The van der Waals surface area contributed by atoms with Gasteiger partial charge in [-0.2, -0.15) is 4.99 Å². The van der Waals surface area contributed by atoms with E-state index in [1.807, 2.05) is 4.90 Å². The molecule has 1 saturated heterocycles. The summed E-state index contributed by atoms with van der Waals surface area (Å²) in [7, 11) is 0. The predicted octanol–water partition coefficient (Wildman–Crippen LogP) is 1.52. The number of nitrogens with one attached hydrogen (secondary N) is 1. The number of morpholine rings is 1. The normalized spacial score (nSPS) is 16.3. The van der Waals surface area contributed by atoms with Crippen LogP contribution in [0.25, 0.3) is 0 Å². The van der Waals surface area contributed by atoms with E-state index in [1.165, 1.54) is 0 Å². The third-order valence-corrected chi connectivity index (χ3v) is 2.90. The van der Waals surface area contributed by atoms with Gasteiger partial charge in [-0.1, -0.05) is 11.6 Å². The summed E-state index contributed by atoms with van der Waals surface area (Å²) in [5, 5.41) is 3.22. The van der Waals surface area contributed by atoms with Crippen LogP contribution < -0.4 is 11.1 Å². The van der Waals surface area contributed by atoms with Crippen molar-refractivity contribution in [2.75, 3.05) is 31.6 Å². The third-order valence-electron chi connectivity index (χ3n) is 2.65. The molecule has 3 N–H and O–H groups in total. The Hall–Kier alpha value is -1.79. The molecule has 1 aliphatic rings. The number of rotatable bonds is 1. The second-order valence-electron chi connectivity index (χ2n) is 4.01. The Bertz CT molecular complexity index is 469. The number of nitrogens with two attached hydrogens (primary N) is 1. The van der Waals surface area contributed by atoms with Gasteiger partial charge >= 0.3 is 6.03 Å². The quantitative estimate of drug-likeness (QED) is 0.604. The van der Waals surface area contributed by atoms with Crippen LogP contribution in [0, 0.1) is 0 Å². The highest BCUT2D eigenvalue weighted by Crippen LogP contribution is 2.13. The summed E-state index contributed by atoms with van der Waals surface area (Å²) < 4.78 is 5.20. The Morgan fingerprint density at radius 3 is 2.58 bits per heavy atom. The molecule has 2 rings (SSSR count). The molecule has 0 bridgehead atoms. The zero-order chi connectivity index (χ0) is 13.7. The smallest absolute Gasteiger partial charge is 0.348 e. The molecule has 1 aliphatic heterocycles. The number of carbonyl (C=O) groups is 1. The maximum absolute atomic E-state index is 11.7. The topological polar surface area (TPSA) is 79.9 Å². The number of amides is 2. The highest BCUT2D eigenvalue weighted by atomic mass is 35.5. The van der Waals surface area contributed by atoms with Gasteiger partial charge in [0.25, 0.3) is 0 Å². The Labute approximate surface area is 116 Å². The lowest BCUT2D eigenvalue weighted by Gasteiger charge is -2.27. The van der Waals surface area contributed by atoms with Crippen molar-refractivity contribution in [3.8, 4) is 0 Å². The van der Waals surface area contributed by atoms with E-state index in [0.29, 0.717) is 37.0 Å². The van der Waals surface area contributed by atoms with E-state index >= 15 is 0 Å². The van der Waals surface area contributed by atoms with E-state index in [2.05, 4.69) is 10.3 Å². The van der Waals surface area contributed by atoms with Gasteiger partial charge in [0.15, 0.2) is 0 Å². The Kier molecular flexibility index (Phi) is 4.59. The number of anilines is 1. The van der Waals surface area contributed by atoms with Gasteiger partial charge in [0, 0.05) is 23.8 Å². The van der Waals surface area contributed by atoms with Crippen molar-refractivity contribution in [3.05, 3.63) is 29.3 Å². The van der Waals surface area contributed by atoms with E-state index in [0.717, 1.165) is 0 Å². The molecule has 0 spiro atoms. The van der Waals surface area contributed by atoms with E-state index in [4.69, 9.17) is 22.1 Å². The molecule has 0 unspecified atom stereocenters. The average molecular weight is 283 g/mol. The molecule has 0 aliphatic carbocycles. The Morgan fingerprint density at radius 2 is 1.95 bits per heavy atom. The molecule has 19 heavy (non-hydrogen) atoms. The molecule has 1 heterocycles. The van der Waals surface area contributed by atoms with Crippen LogP contribution in [-0.2, 0) is 4.74 Å². The van der Waals surface area contributed by atoms with Crippen molar-refractivity contribution in [2.24, 2.45) is 10.7 Å². The lowest BCUT2D eigenvalue weighted by Crippen LogP contribution is -2.45. The van der Waals surface area contributed by atoms with E-state index in [9.17, 15) is 4.79 Å². The van der Waals surface area contributed by atoms with Gasteiger partial charge in [-0.05, 0) is 24.3 Å². The zero-order valence-corrected chi connectivity index (χ0v) is 11.1. The summed E-state index contributed by atoms with van der Waals surface area (Å²) in [6, 6.07) is 6.26. The van der Waals surface area contributed by atoms with Gasteiger partial charge in [-0.15, -0.1) is 0 Å². The number of ether oxygens (including phenoxy) is 1. The van der Waals surface area contributed by atoms with E-state index in [-0.39, 0.29) is 5.96 Å². The fourth-order valence-corrected chi connectivity index (χ4v) is 1.78. The second kappa shape index (κ2) is 6.40. The number of urea groups is 1. The number of hydrogen-bond acceptors (Lipinski definition) is 2. The van der Waals surface area contributed by atoms with Crippen molar-refractivity contribution in [1.29, 1.82) is 0 Å². The van der Waals surface area contributed by atoms with Crippen molar-refractivity contribution in [3.63, 3.8) is 0 Å². The minimum Gasteiger partial charge on any atom is -0.378 e. The first-order valence-corrected chi connectivity index (χ1v) is 6.26. The van der Waals surface area contributed by atoms with Crippen LogP contribution in [-0.4, -0.2) is 43.2 Å². The average Bonchev–Trinajstić information content (AvgIpc) is 2.42. The summed E-state index contributed by atoms with van der Waals surface area (Å²) in [6.07, 6.45) is 0. The fraction of sp³-hybridized carbons (Fsp3) is 0.333. The molecule has 2 amide bonds. The maximum atomic E-state index is 11.7. The molecule has 0 radical (unpaired) electrons. The number of benzene rings is 1. The zero-order valence-electron chi connectivity index (χ0n) is 10.3. The first-order valence-electron chi connectivity index (χ1n) is 5.88. The standard InChI is InChI=1S/C12H15ClN4O2/c13-9-1-3-10(4-2-9)15-12(18)16-11(14)17-5-7-19-8-6-17/h1-4H,5-8H2,(H3,14,15,16,18). The van der Waals surface area contributed by atoms with Crippen molar-refractivity contribution < 1.29 is 9.53 Å². The van der Waals surface area contributed by atoms with Gasteiger partial charge < -0.3 is 20.7 Å². The molecule has 0 saturated carbocycles. The van der Waals surface area contributed by atoms with Crippen LogP contribution in [0.15, 0.2) is 29.3 Å². The van der Waals surface area contributed by atoms with E-state index < -0.39 is 6.03 Å². The Morgan fingerprint density at radius 1 is 1.32 bits per heavy atom. The number of hydrogen-bond donors (Lipinski definition) is 2. The minimum atomic E-state index is -0.508. The van der Waals surface area contributed by atoms with Crippen LogP contribution in [0.5, 0.6) is 0 Å². The molecule has 0 atom stereocenters. The van der Waals surface area contributed by atoms with Crippen molar-refractivity contribution in [2.45, 2.75) is 0 Å². The van der Waals surface area contributed by atoms with Crippen molar-refractivity contribution >= 4 is 29.3 Å². The van der Waals surface area contributed by atoms with E-state index in [1.54, 1.807) is 24.3 Å². The maximum Gasteiger partial charge on any atom is 0.348 e. The summed E-state index contributed by atoms with van der Waals surface area (Å²) in [6.45, 7) is 2.47. The molecule has 1 aromatic rings. The largest absolute Gasteiger partial charge is 0.378 e. The predicted molar refractivity (Wildman–Crippen MR) is 74.5 cm³/mol. The molecule has 0 aromatic heterocycles. The summed E-state index contributed by atoms with van der Waals surface area (Å²) in [4.78, 5) is 17.3. The van der Waals surface area contributed by atoms with Crippen LogP contribution in [0.4, 0.5) is 10.5 Å². The number of nitrogens with zero attached hydrogens (tertiary/aromatic N) is 2. The highest BCUT2D eigenvalue weighted by Gasteiger charge is 2.13. The minimum absolute atomic E-state index is 0.203. The highest BCUT2D eigenvalue weighted by molar-refractivity contribution is 6.30. The van der Waals surface area contributed by atoms with Crippen LogP contribution >= 0.6 is 11.6 Å². The molecule has 1 fully saturated rings. The van der Waals surface area contributed by atoms with Crippen LogP contribution in [0.2, 0.25) is 5.02 Å². The molecule has 102 valence electrons. The first kappa shape index (κ1) is 13.6. The second-order valence-corrected chi connectivity index (χ2v) is 4.44. The summed E-state index contributed by atoms with van der Waals surface area (Å²) in [5.74, 6) is 0.203. The number of guanidine groups is 1. The molecule has 7 heteroatoms.